The summed E-state index contributed by atoms with van der Waals surface area (Å²) < 4.78 is 21.0. The van der Waals surface area contributed by atoms with Gasteiger partial charge in [0.15, 0.2) is 5.78 Å². The van der Waals surface area contributed by atoms with E-state index in [-0.39, 0.29) is 25.4 Å². The van der Waals surface area contributed by atoms with Gasteiger partial charge in [-0.05, 0) is 12.5 Å². The number of ether oxygens (including phenoxy) is 1. The predicted octanol–water partition coefficient (Wildman–Crippen LogP) is 0.680. The average Bonchev–Trinajstić information content (AvgIpc) is 2.11. The summed E-state index contributed by atoms with van der Waals surface area (Å²) in [6, 6.07) is 0. The lowest BCUT2D eigenvalue weighted by Gasteiger charge is -2.28. The Morgan fingerprint density at radius 2 is 1.89 bits per heavy atom. The molecule has 0 bridgehead atoms. The summed E-state index contributed by atoms with van der Waals surface area (Å²) >= 11 is 0. The van der Waals surface area contributed by atoms with E-state index in [0.717, 1.165) is 0 Å². The number of quaternary nitrogens is 1. The van der Waals surface area contributed by atoms with Crippen molar-refractivity contribution in [3.05, 3.63) is 12.2 Å². The summed E-state index contributed by atoms with van der Waals surface area (Å²) in [5.41, 5.74) is 0.419. The van der Waals surface area contributed by atoms with Crippen LogP contribution in [0.2, 0.25) is 0 Å². The molecule has 0 aromatic rings. The second kappa shape index (κ2) is 7.28. The number of phosphoric ester groups is 1. The second-order valence-corrected chi connectivity index (χ2v) is 6.51. The zero-order chi connectivity index (χ0) is 15.3. The molecule has 0 spiro atoms. The molecule has 112 valence electrons. The number of allylic oxidation sites excluding steroid dienone is 1. The minimum absolute atomic E-state index is 0.0242. The standard InChI is InChI=1S/C11H22NO6P/c1-9(2)10(13)6-7-17-11(8-12(3,4)5)18-19(14,15)16/h11H,1,6-8H2,2-5H3,(H-,14,15,16)/p+1. The van der Waals surface area contributed by atoms with Crippen molar-refractivity contribution in [1.29, 1.82) is 0 Å². The number of nitrogens with zero attached hydrogens (tertiary/aromatic N) is 1. The number of hydrogen-bond acceptors (Lipinski definition) is 4. The van der Waals surface area contributed by atoms with Crippen LogP contribution in [0.15, 0.2) is 12.2 Å². The van der Waals surface area contributed by atoms with Crippen molar-refractivity contribution in [2.75, 3.05) is 34.3 Å². The molecular weight excluding hydrogens is 273 g/mol. The largest absolute Gasteiger partial charge is 0.472 e. The molecule has 0 amide bonds. The molecule has 0 rings (SSSR count). The highest BCUT2D eigenvalue weighted by atomic mass is 31.2. The van der Waals surface area contributed by atoms with Gasteiger partial charge in [-0.25, -0.2) is 4.57 Å². The van der Waals surface area contributed by atoms with E-state index in [2.05, 4.69) is 11.1 Å². The van der Waals surface area contributed by atoms with Crippen LogP contribution in [-0.2, 0) is 18.6 Å². The van der Waals surface area contributed by atoms with Crippen molar-refractivity contribution in [2.24, 2.45) is 0 Å². The lowest BCUT2D eigenvalue weighted by Crippen LogP contribution is -2.43. The van der Waals surface area contributed by atoms with Gasteiger partial charge in [0.1, 0.15) is 6.54 Å². The van der Waals surface area contributed by atoms with Gasteiger partial charge in [-0.1, -0.05) is 6.58 Å². The first kappa shape index (κ1) is 18.4. The SMILES string of the molecule is C=C(C)C(=O)CCOC(C[N+](C)(C)C)OP(=O)(O)O. The van der Waals surface area contributed by atoms with Gasteiger partial charge in [0.05, 0.1) is 27.7 Å². The van der Waals surface area contributed by atoms with Gasteiger partial charge in [-0.15, -0.1) is 0 Å². The summed E-state index contributed by atoms with van der Waals surface area (Å²) in [6.07, 6.45) is -0.966. The number of hydrogen-bond donors (Lipinski definition) is 2. The Kier molecular flexibility index (Phi) is 7.07. The van der Waals surface area contributed by atoms with Crippen LogP contribution >= 0.6 is 7.82 Å². The summed E-state index contributed by atoms with van der Waals surface area (Å²) in [6.45, 7) is 5.37. The molecule has 2 N–H and O–H groups in total. The highest BCUT2D eigenvalue weighted by Gasteiger charge is 2.27. The monoisotopic (exact) mass is 296 g/mol. The number of likely N-dealkylation sites (N-methyl/N-ethyl adjacent to an activating group) is 1. The zero-order valence-corrected chi connectivity index (χ0v) is 12.7. The topological polar surface area (TPSA) is 93.1 Å². The molecule has 1 unspecified atom stereocenters. The molecule has 8 heteroatoms. The first-order valence-electron chi connectivity index (χ1n) is 5.75. The van der Waals surface area contributed by atoms with Gasteiger partial charge in [-0.2, -0.15) is 0 Å². The van der Waals surface area contributed by atoms with Gasteiger partial charge >= 0.3 is 7.82 Å². The van der Waals surface area contributed by atoms with Crippen molar-refractivity contribution in [1.82, 2.24) is 0 Å². The van der Waals surface area contributed by atoms with Crippen molar-refractivity contribution in [2.45, 2.75) is 19.6 Å². The molecule has 1 atom stereocenters. The quantitative estimate of drug-likeness (QED) is 0.281. The number of carbonyl (C=O) groups excluding carboxylic acids is 1. The highest BCUT2D eigenvalue weighted by Crippen LogP contribution is 2.38. The number of ketones is 1. The van der Waals surface area contributed by atoms with Crippen LogP contribution in [0.25, 0.3) is 0 Å². The minimum atomic E-state index is -4.63. The van der Waals surface area contributed by atoms with Gasteiger partial charge in [0, 0.05) is 6.42 Å². The van der Waals surface area contributed by atoms with Gasteiger partial charge in [0.25, 0.3) is 0 Å². The second-order valence-electron chi connectivity index (χ2n) is 5.32. The maximum absolute atomic E-state index is 11.3. The normalized spacial score (nSPS) is 14.2. The number of Topliss-reactive ketones (excluding diaryl/α,β-unsaturated/α-hetero) is 1. The van der Waals surface area contributed by atoms with Gasteiger partial charge in [-0.3, -0.25) is 9.32 Å². The molecule has 0 aliphatic rings. The van der Waals surface area contributed by atoms with E-state index in [1.165, 1.54) is 0 Å². The van der Waals surface area contributed by atoms with E-state index >= 15 is 0 Å². The zero-order valence-electron chi connectivity index (χ0n) is 11.8. The fourth-order valence-electron chi connectivity index (χ4n) is 1.21. The van der Waals surface area contributed by atoms with Crippen molar-refractivity contribution < 1.29 is 32.9 Å². The molecule has 0 heterocycles. The maximum Gasteiger partial charge on any atom is 0.472 e. The summed E-state index contributed by atoms with van der Waals surface area (Å²) in [5, 5.41) is 0. The van der Waals surface area contributed by atoms with Crippen molar-refractivity contribution in [3.63, 3.8) is 0 Å². The Labute approximate surface area is 113 Å². The Morgan fingerprint density at radius 3 is 2.26 bits per heavy atom. The third-order valence-corrected chi connectivity index (χ3v) is 2.57. The number of rotatable bonds is 9. The first-order chi connectivity index (χ1) is 8.41. The van der Waals surface area contributed by atoms with Crippen molar-refractivity contribution >= 4 is 13.6 Å². The summed E-state index contributed by atoms with van der Waals surface area (Å²) in [4.78, 5) is 28.9. The fourth-order valence-corrected chi connectivity index (χ4v) is 1.65. The van der Waals surface area contributed by atoms with Crippen LogP contribution < -0.4 is 0 Å². The van der Waals surface area contributed by atoms with E-state index in [1.54, 1.807) is 6.92 Å². The average molecular weight is 296 g/mol. The van der Waals surface area contributed by atoms with Crippen LogP contribution in [0, 0.1) is 0 Å². The van der Waals surface area contributed by atoms with E-state index in [9.17, 15) is 9.36 Å². The number of carbonyl (C=O) groups is 1. The Morgan fingerprint density at radius 1 is 1.37 bits per heavy atom. The molecular formula is C11H23NO6P+. The van der Waals surface area contributed by atoms with Crippen molar-refractivity contribution in [3.8, 4) is 0 Å². The fraction of sp³-hybridized carbons (Fsp3) is 0.727. The van der Waals surface area contributed by atoms with Crippen LogP contribution in [0.3, 0.4) is 0 Å². The van der Waals surface area contributed by atoms with E-state index in [1.807, 2.05) is 21.1 Å². The van der Waals surface area contributed by atoms with Crippen LogP contribution in [0.4, 0.5) is 0 Å². The Bertz CT molecular complexity index is 370. The van der Waals surface area contributed by atoms with Gasteiger partial charge in [0.2, 0.25) is 6.29 Å². The van der Waals surface area contributed by atoms with E-state index in [4.69, 9.17) is 14.5 Å². The molecule has 0 aliphatic carbocycles. The lowest BCUT2D eigenvalue weighted by atomic mass is 10.2. The Hall–Kier alpha value is -0.560. The smallest absolute Gasteiger partial charge is 0.347 e. The molecule has 0 radical (unpaired) electrons. The van der Waals surface area contributed by atoms with Gasteiger partial charge < -0.3 is 19.0 Å². The molecule has 0 aromatic carbocycles. The predicted molar refractivity (Wildman–Crippen MR) is 70.2 cm³/mol. The molecule has 0 saturated carbocycles. The molecule has 19 heavy (non-hydrogen) atoms. The first-order valence-corrected chi connectivity index (χ1v) is 7.28. The summed E-state index contributed by atoms with van der Waals surface area (Å²) in [5.74, 6) is -0.153. The van der Waals surface area contributed by atoms with Crippen LogP contribution in [0.5, 0.6) is 0 Å². The molecule has 0 aromatic heterocycles. The Balaban J connectivity index is 4.39. The van der Waals surface area contributed by atoms with Crippen LogP contribution in [-0.4, -0.2) is 60.6 Å². The molecule has 0 saturated heterocycles. The molecule has 0 aliphatic heterocycles. The van der Waals surface area contributed by atoms with Crippen LogP contribution in [0.1, 0.15) is 13.3 Å². The number of phosphoric acid groups is 1. The van der Waals surface area contributed by atoms with E-state index in [0.29, 0.717) is 10.1 Å². The third-order valence-electron chi connectivity index (χ3n) is 2.06. The molecule has 0 fully saturated rings. The third kappa shape index (κ3) is 11.0. The maximum atomic E-state index is 11.3. The molecule has 7 nitrogen and oxygen atoms in total. The minimum Gasteiger partial charge on any atom is -0.347 e. The van der Waals surface area contributed by atoms with E-state index < -0.39 is 14.1 Å². The lowest BCUT2D eigenvalue weighted by molar-refractivity contribution is -0.876. The highest BCUT2D eigenvalue weighted by molar-refractivity contribution is 7.46. The summed E-state index contributed by atoms with van der Waals surface area (Å²) in [7, 11) is 0.867.